The molecule has 2 fully saturated rings. The number of hydrogen-bond acceptors (Lipinski definition) is 7. The summed E-state index contributed by atoms with van der Waals surface area (Å²) < 4.78 is 28.0. The highest BCUT2D eigenvalue weighted by atomic mass is 16.6. The minimum atomic E-state index is -0.434. The number of ether oxygens (including phenoxy) is 5. The second kappa shape index (κ2) is 14.5. The Kier molecular flexibility index (Phi) is 10.7. The van der Waals surface area contributed by atoms with Gasteiger partial charge < -0.3 is 33.9 Å². The number of amides is 1. The van der Waals surface area contributed by atoms with Crippen molar-refractivity contribution in [2.75, 3.05) is 52.6 Å². The van der Waals surface area contributed by atoms with E-state index in [1.54, 1.807) is 0 Å². The Morgan fingerprint density at radius 3 is 1.64 bits per heavy atom. The fraction of sp³-hybridized carbons (Fsp3) is 0.649. The number of hydrogen-bond donors (Lipinski definition) is 1. The SMILES string of the molecule is CC1(CCc2ccc3c(c2)OCCO3)CCN(C(=O)OC(C)(C)C)CC1.CC1(CCc2ccc3c(c2)OCCO3)CCNCC1. The van der Waals surface area contributed by atoms with Gasteiger partial charge in [0.05, 0.1) is 0 Å². The van der Waals surface area contributed by atoms with E-state index in [4.69, 9.17) is 23.7 Å². The molecule has 2 saturated heterocycles. The maximum absolute atomic E-state index is 12.2. The number of rotatable bonds is 6. The van der Waals surface area contributed by atoms with Crippen LogP contribution < -0.4 is 24.3 Å². The molecule has 45 heavy (non-hydrogen) atoms. The summed E-state index contributed by atoms with van der Waals surface area (Å²) in [5.41, 5.74) is 2.97. The molecule has 0 saturated carbocycles. The lowest BCUT2D eigenvalue weighted by Gasteiger charge is -2.40. The molecule has 4 heterocycles. The van der Waals surface area contributed by atoms with Crippen LogP contribution in [0.25, 0.3) is 0 Å². The van der Waals surface area contributed by atoms with E-state index in [9.17, 15) is 4.79 Å². The number of benzene rings is 2. The Morgan fingerprint density at radius 2 is 1.18 bits per heavy atom. The smallest absolute Gasteiger partial charge is 0.410 e. The Morgan fingerprint density at radius 1 is 0.733 bits per heavy atom. The van der Waals surface area contributed by atoms with Gasteiger partial charge in [0.15, 0.2) is 23.0 Å². The number of piperidine rings is 2. The third-order valence-electron chi connectivity index (χ3n) is 9.68. The monoisotopic (exact) mass is 622 g/mol. The lowest BCUT2D eigenvalue weighted by Crippen LogP contribution is -2.44. The molecule has 2 aromatic rings. The Balaban J connectivity index is 0.000000186. The lowest BCUT2D eigenvalue weighted by atomic mass is 9.76. The second-order valence-electron chi connectivity index (χ2n) is 14.8. The molecule has 4 aliphatic rings. The Labute approximate surface area is 270 Å². The molecule has 248 valence electrons. The topological polar surface area (TPSA) is 78.5 Å². The van der Waals surface area contributed by atoms with Crippen molar-refractivity contribution in [2.24, 2.45) is 10.8 Å². The summed E-state index contributed by atoms with van der Waals surface area (Å²) in [6.07, 6.45) is 8.92. The van der Waals surface area contributed by atoms with Crippen molar-refractivity contribution in [3.05, 3.63) is 47.5 Å². The molecular formula is C37H54N2O6. The zero-order valence-electron chi connectivity index (χ0n) is 28.2. The van der Waals surface area contributed by atoms with Crippen LogP contribution in [0.4, 0.5) is 4.79 Å². The molecule has 6 rings (SSSR count). The standard InChI is InChI=1S/C21H31NO4.C16H23NO2/c1-20(2,3)26-19(23)22-11-9-21(4,10-12-22)8-7-16-5-6-17-18(15-16)25-14-13-24-17;1-16(6-8-17-9-7-16)5-4-13-2-3-14-15(12-13)19-11-10-18-14/h5-6,15H,7-14H2,1-4H3;2-3,12,17H,4-11H2,1H3. The fourth-order valence-electron chi connectivity index (χ4n) is 6.46. The predicted molar refractivity (Wildman–Crippen MR) is 177 cm³/mol. The summed E-state index contributed by atoms with van der Waals surface area (Å²) in [6, 6.07) is 12.6. The second-order valence-corrected chi connectivity index (χ2v) is 14.8. The van der Waals surface area contributed by atoms with E-state index in [2.05, 4.69) is 49.5 Å². The molecule has 0 spiro atoms. The van der Waals surface area contributed by atoms with Gasteiger partial charge in [0, 0.05) is 13.1 Å². The summed E-state index contributed by atoms with van der Waals surface area (Å²) in [4.78, 5) is 14.1. The van der Waals surface area contributed by atoms with Crippen molar-refractivity contribution >= 4 is 6.09 Å². The first kappa shape index (κ1) is 33.2. The molecule has 2 aromatic carbocycles. The van der Waals surface area contributed by atoms with Gasteiger partial charge in [-0.1, -0.05) is 26.0 Å². The lowest BCUT2D eigenvalue weighted by molar-refractivity contribution is 0.0111. The van der Waals surface area contributed by atoms with Crippen LogP contribution in [0, 0.1) is 10.8 Å². The molecule has 8 heteroatoms. The first-order chi connectivity index (χ1) is 21.5. The molecular weight excluding hydrogens is 568 g/mol. The molecule has 1 amide bonds. The van der Waals surface area contributed by atoms with Crippen molar-refractivity contribution in [3.63, 3.8) is 0 Å². The maximum Gasteiger partial charge on any atom is 0.410 e. The molecule has 0 atom stereocenters. The number of likely N-dealkylation sites (tertiary alicyclic amines) is 1. The van der Waals surface area contributed by atoms with Crippen molar-refractivity contribution in [1.82, 2.24) is 10.2 Å². The van der Waals surface area contributed by atoms with Gasteiger partial charge in [-0.2, -0.15) is 0 Å². The van der Waals surface area contributed by atoms with E-state index >= 15 is 0 Å². The van der Waals surface area contributed by atoms with Crippen LogP contribution in [0.5, 0.6) is 23.0 Å². The van der Waals surface area contributed by atoms with E-state index in [1.165, 1.54) is 30.4 Å². The highest BCUT2D eigenvalue weighted by Crippen LogP contribution is 2.38. The van der Waals surface area contributed by atoms with E-state index in [0.717, 1.165) is 81.3 Å². The van der Waals surface area contributed by atoms with Crippen LogP contribution in [-0.2, 0) is 17.6 Å². The van der Waals surface area contributed by atoms with Gasteiger partial charge in [-0.25, -0.2) is 4.79 Å². The molecule has 4 aliphatic heterocycles. The zero-order chi connectivity index (χ0) is 31.9. The van der Waals surface area contributed by atoms with Crippen LogP contribution >= 0.6 is 0 Å². The van der Waals surface area contributed by atoms with Crippen LogP contribution in [0.3, 0.4) is 0 Å². The normalized spacial score (nSPS) is 20.0. The quantitative estimate of drug-likeness (QED) is 0.365. The van der Waals surface area contributed by atoms with Gasteiger partial charge >= 0.3 is 6.09 Å². The molecule has 0 aromatic heterocycles. The minimum Gasteiger partial charge on any atom is -0.486 e. The van der Waals surface area contributed by atoms with Crippen molar-refractivity contribution in [3.8, 4) is 23.0 Å². The van der Waals surface area contributed by atoms with Crippen molar-refractivity contribution < 1.29 is 28.5 Å². The number of fused-ring (bicyclic) bond motifs is 2. The van der Waals surface area contributed by atoms with Gasteiger partial charge in [-0.15, -0.1) is 0 Å². The van der Waals surface area contributed by atoms with Gasteiger partial charge in [-0.05, 0) is 131 Å². The van der Waals surface area contributed by atoms with E-state index < -0.39 is 5.60 Å². The largest absolute Gasteiger partial charge is 0.486 e. The number of nitrogens with one attached hydrogen (secondary N) is 1. The van der Waals surface area contributed by atoms with Crippen LogP contribution in [0.15, 0.2) is 36.4 Å². The first-order valence-corrected chi connectivity index (χ1v) is 17.0. The van der Waals surface area contributed by atoms with E-state index in [1.807, 2.05) is 31.7 Å². The third-order valence-corrected chi connectivity index (χ3v) is 9.68. The Bertz CT molecular complexity index is 1270. The number of aryl methyl sites for hydroxylation is 2. The molecule has 1 N–H and O–H groups in total. The average Bonchev–Trinajstić information content (AvgIpc) is 3.03. The van der Waals surface area contributed by atoms with Gasteiger partial charge in [0.25, 0.3) is 0 Å². The van der Waals surface area contributed by atoms with Crippen LogP contribution in [0.2, 0.25) is 0 Å². The number of carbonyl (C=O) groups is 1. The molecule has 0 bridgehead atoms. The molecule has 8 nitrogen and oxygen atoms in total. The van der Waals surface area contributed by atoms with Gasteiger partial charge in [0.1, 0.15) is 32.0 Å². The molecule has 0 aliphatic carbocycles. The summed E-state index contributed by atoms with van der Waals surface area (Å²) in [5.74, 6) is 3.51. The van der Waals surface area contributed by atoms with Gasteiger partial charge in [-0.3, -0.25) is 0 Å². The zero-order valence-corrected chi connectivity index (χ0v) is 28.2. The summed E-state index contributed by atoms with van der Waals surface area (Å²) >= 11 is 0. The Hall–Kier alpha value is -3.13. The van der Waals surface area contributed by atoms with Crippen LogP contribution in [0.1, 0.15) is 84.3 Å². The highest BCUT2D eigenvalue weighted by Gasteiger charge is 2.33. The molecule has 0 unspecified atom stereocenters. The maximum atomic E-state index is 12.2. The predicted octanol–water partition coefficient (Wildman–Crippen LogP) is 7.21. The number of nitrogens with zero attached hydrogens (tertiary/aromatic N) is 1. The van der Waals surface area contributed by atoms with Crippen molar-refractivity contribution in [2.45, 2.75) is 91.6 Å². The summed E-state index contributed by atoms with van der Waals surface area (Å²) in [7, 11) is 0. The summed E-state index contributed by atoms with van der Waals surface area (Å²) in [5, 5.41) is 3.44. The first-order valence-electron chi connectivity index (χ1n) is 17.0. The van der Waals surface area contributed by atoms with E-state index in [0.29, 0.717) is 31.8 Å². The average molecular weight is 623 g/mol. The van der Waals surface area contributed by atoms with E-state index in [-0.39, 0.29) is 11.5 Å². The molecule has 0 radical (unpaired) electrons. The van der Waals surface area contributed by atoms with Crippen molar-refractivity contribution in [1.29, 1.82) is 0 Å². The summed E-state index contributed by atoms with van der Waals surface area (Å²) in [6.45, 7) is 16.9. The van der Waals surface area contributed by atoms with Crippen LogP contribution in [-0.4, -0.2) is 69.2 Å². The highest BCUT2D eigenvalue weighted by molar-refractivity contribution is 5.68. The third kappa shape index (κ3) is 9.68. The minimum absolute atomic E-state index is 0.189. The van der Waals surface area contributed by atoms with Gasteiger partial charge in [0.2, 0.25) is 0 Å². The number of carbonyl (C=O) groups excluding carboxylic acids is 1. The fourth-order valence-corrected chi connectivity index (χ4v) is 6.46.